The molecule has 1 unspecified atom stereocenters. The number of amides is 1. The Morgan fingerprint density at radius 2 is 2.38 bits per heavy atom. The van der Waals surface area contributed by atoms with Gasteiger partial charge in [-0.05, 0) is 44.9 Å². The van der Waals surface area contributed by atoms with Crippen LogP contribution in [0.25, 0.3) is 0 Å². The summed E-state index contributed by atoms with van der Waals surface area (Å²) in [6, 6.07) is 4.00. The highest BCUT2D eigenvalue weighted by atomic mass is 16.1. The number of anilines is 1. The van der Waals surface area contributed by atoms with E-state index in [9.17, 15) is 4.79 Å². The summed E-state index contributed by atoms with van der Waals surface area (Å²) in [7, 11) is 0. The highest BCUT2D eigenvalue weighted by molar-refractivity contribution is 5.94. The van der Waals surface area contributed by atoms with E-state index in [0.29, 0.717) is 24.0 Å². The minimum atomic E-state index is -0.0828. The molecule has 0 saturated carbocycles. The standard InChI is InChI=1S/C15H25N5O/c1-12-5-2-3-9-20(12)10-4-7-18-15(21)13-6-8-17-14(11-13)19-16/h6,8,11-12H,2-5,7,9-10,16H2,1H3,(H,17,19)(H,18,21). The highest BCUT2D eigenvalue weighted by Gasteiger charge is 2.17. The molecule has 1 amide bonds. The molecule has 1 aliphatic rings. The van der Waals surface area contributed by atoms with E-state index in [1.165, 1.54) is 25.8 Å². The maximum absolute atomic E-state index is 12.0. The van der Waals surface area contributed by atoms with Crippen molar-refractivity contribution in [1.29, 1.82) is 0 Å². The van der Waals surface area contributed by atoms with Crippen molar-refractivity contribution in [3.63, 3.8) is 0 Å². The number of nitrogens with one attached hydrogen (secondary N) is 2. The molecule has 0 aromatic carbocycles. The molecule has 116 valence electrons. The van der Waals surface area contributed by atoms with E-state index < -0.39 is 0 Å². The van der Waals surface area contributed by atoms with Crippen LogP contribution < -0.4 is 16.6 Å². The molecule has 1 aliphatic heterocycles. The maximum Gasteiger partial charge on any atom is 0.251 e. The van der Waals surface area contributed by atoms with Crippen LogP contribution in [0.15, 0.2) is 18.3 Å². The first-order valence-electron chi connectivity index (χ1n) is 7.65. The van der Waals surface area contributed by atoms with Gasteiger partial charge in [0.15, 0.2) is 0 Å². The molecule has 2 heterocycles. The fraction of sp³-hybridized carbons (Fsp3) is 0.600. The molecule has 6 heteroatoms. The van der Waals surface area contributed by atoms with Gasteiger partial charge in [0.25, 0.3) is 5.91 Å². The Bertz CT molecular complexity index is 465. The van der Waals surface area contributed by atoms with Gasteiger partial charge >= 0.3 is 0 Å². The summed E-state index contributed by atoms with van der Waals surface area (Å²) in [5, 5.41) is 2.94. The highest BCUT2D eigenvalue weighted by Crippen LogP contribution is 2.16. The molecular formula is C15H25N5O. The van der Waals surface area contributed by atoms with Crippen molar-refractivity contribution in [1.82, 2.24) is 15.2 Å². The van der Waals surface area contributed by atoms with Gasteiger partial charge < -0.3 is 15.6 Å². The van der Waals surface area contributed by atoms with Crippen molar-refractivity contribution < 1.29 is 4.79 Å². The molecule has 1 aromatic heterocycles. The van der Waals surface area contributed by atoms with Gasteiger partial charge in [-0.15, -0.1) is 0 Å². The molecule has 2 rings (SSSR count). The van der Waals surface area contributed by atoms with Crippen molar-refractivity contribution in [2.45, 2.75) is 38.6 Å². The first kappa shape index (κ1) is 15.7. The average Bonchev–Trinajstić information content (AvgIpc) is 2.53. The predicted octanol–water partition coefficient (Wildman–Crippen LogP) is 1.36. The lowest BCUT2D eigenvalue weighted by molar-refractivity contribution is 0.0949. The Morgan fingerprint density at radius 1 is 1.52 bits per heavy atom. The summed E-state index contributed by atoms with van der Waals surface area (Å²) in [4.78, 5) is 18.5. The number of rotatable bonds is 6. The summed E-state index contributed by atoms with van der Waals surface area (Å²) in [6.45, 7) is 5.21. The zero-order valence-electron chi connectivity index (χ0n) is 12.6. The Labute approximate surface area is 126 Å². The number of nitrogens with two attached hydrogens (primary N) is 1. The second-order valence-electron chi connectivity index (χ2n) is 5.56. The molecule has 0 aliphatic carbocycles. The fourth-order valence-corrected chi connectivity index (χ4v) is 2.73. The Hall–Kier alpha value is -1.66. The number of hydrogen-bond donors (Lipinski definition) is 3. The summed E-state index contributed by atoms with van der Waals surface area (Å²) in [5.41, 5.74) is 3.01. The number of carbonyl (C=O) groups is 1. The third kappa shape index (κ3) is 4.68. The van der Waals surface area contributed by atoms with Gasteiger partial charge in [-0.1, -0.05) is 6.42 Å². The number of nitrogens with zero attached hydrogens (tertiary/aromatic N) is 2. The van der Waals surface area contributed by atoms with Gasteiger partial charge in [-0.2, -0.15) is 0 Å². The van der Waals surface area contributed by atoms with Crippen LogP contribution in [0.3, 0.4) is 0 Å². The number of aromatic nitrogens is 1. The topological polar surface area (TPSA) is 83.3 Å². The summed E-state index contributed by atoms with van der Waals surface area (Å²) >= 11 is 0. The first-order valence-corrected chi connectivity index (χ1v) is 7.65. The molecule has 1 saturated heterocycles. The van der Waals surface area contributed by atoms with E-state index in [1.54, 1.807) is 18.3 Å². The SMILES string of the molecule is CC1CCCCN1CCCNC(=O)c1ccnc(NN)c1. The van der Waals surface area contributed by atoms with Crippen LogP contribution in [-0.2, 0) is 0 Å². The predicted molar refractivity (Wildman–Crippen MR) is 83.9 cm³/mol. The number of hydrogen-bond acceptors (Lipinski definition) is 5. The van der Waals surface area contributed by atoms with Gasteiger partial charge in [-0.3, -0.25) is 4.79 Å². The normalized spacial score (nSPS) is 19.2. The Kier molecular flexibility index (Phi) is 5.95. The largest absolute Gasteiger partial charge is 0.352 e. The molecule has 0 spiro atoms. The summed E-state index contributed by atoms with van der Waals surface area (Å²) in [6.07, 6.45) is 6.47. The quantitative estimate of drug-likeness (QED) is 0.419. The van der Waals surface area contributed by atoms with E-state index in [4.69, 9.17) is 5.84 Å². The van der Waals surface area contributed by atoms with Crippen LogP contribution in [-0.4, -0.2) is 41.5 Å². The van der Waals surface area contributed by atoms with Crippen molar-refractivity contribution in [2.24, 2.45) is 5.84 Å². The van der Waals surface area contributed by atoms with Crippen molar-refractivity contribution in [3.8, 4) is 0 Å². The van der Waals surface area contributed by atoms with E-state index in [1.807, 2.05) is 0 Å². The second kappa shape index (κ2) is 7.95. The number of hydrazine groups is 1. The summed E-state index contributed by atoms with van der Waals surface area (Å²) < 4.78 is 0. The van der Waals surface area contributed by atoms with Crippen LogP contribution in [0.5, 0.6) is 0 Å². The third-order valence-electron chi connectivity index (χ3n) is 4.02. The Balaban J connectivity index is 1.71. The van der Waals surface area contributed by atoms with E-state index in [2.05, 4.69) is 27.6 Å². The van der Waals surface area contributed by atoms with E-state index in [-0.39, 0.29) is 5.91 Å². The fourth-order valence-electron chi connectivity index (χ4n) is 2.73. The molecular weight excluding hydrogens is 266 g/mol. The van der Waals surface area contributed by atoms with Gasteiger partial charge in [0.2, 0.25) is 0 Å². The lowest BCUT2D eigenvalue weighted by atomic mass is 10.0. The Morgan fingerprint density at radius 3 is 3.14 bits per heavy atom. The van der Waals surface area contributed by atoms with Crippen molar-refractivity contribution in [2.75, 3.05) is 25.1 Å². The lowest BCUT2D eigenvalue weighted by Gasteiger charge is -2.33. The van der Waals surface area contributed by atoms with Crippen LogP contribution in [0.2, 0.25) is 0 Å². The van der Waals surface area contributed by atoms with Gasteiger partial charge in [0.1, 0.15) is 5.82 Å². The number of carbonyl (C=O) groups excluding carboxylic acids is 1. The third-order valence-corrected chi connectivity index (χ3v) is 4.02. The minimum absolute atomic E-state index is 0.0828. The van der Waals surface area contributed by atoms with Crippen LogP contribution in [0, 0.1) is 0 Å². The van der Waals surface area contributed by atoms with E-state index >= 15 is 0 Å². The molecule has 21 heavy (non-hydrogen) atoms. The molecule has 1 atom stereocenters. The molecule has 1 aromatic rings. The average molecular weight is 291 g/mol. The second-order valence-corrected chi connectivity index (χ2v) is 5.56. The van der Waals surface area contributed by atoms with Crippen molar-refractivity contribution >= 4 is 11.7 Å². The monoisotopic (exact) mass is 291 g/mol. The number of piperidine rings is 1. The van der Waals surface area contributed by atoms with Crippen LogP contribution in [0.1, 0.15) is 43.0 Å². The zero-order chi connectivity index (χ0) is 15.1. The maximum atomic E-state index is 12.0. The smallest absolute Gasteiger partial charge is 0.251 e. The van der Waals surface area contributed by atoms with Crippen LogP contribution >= 0.6 is 0 Å². The number of nitrogen functional groups attached to an aromatic ring is 1. The summed E-state index contributed by atoms with van der Waals surface area (Å²) in [5.74, 6) is 5.69. The molecule has 4 N–H and O–H groups in total. The molecule has 1 fully saturated rings. The minimum Gasteiger partial charge on any atom is -0.352 e. The molecule has 6 nitrogen and oxygen atoms in total. The number of likely N-dealkylation sites (tertiary alicyclic amines) is 1. The van der Waals surface area contributed by atoms with Gasteiger partial charge in [-0.25, -0.2) is 10.8 Å². The van der Waals surface area contributed by atoms with Gasteiger partial charge in [0.05, 0.1) is 0 Å². The van der Waals surface area contributed by atoms with Gasteiger partial charge in [0, 0.05) is 30.9 Å². The zero-order valence-corrected chi connectivity index (χ0v) is 12.6. The number of pyridine rings is 1. The first-order chi connectivity index (χ1) is 10.2. The van der Waals surface area contributed by atoms with Crippen LogP contribution in [0.4, 0.5) is 5.82 Å². The lowest BCUT2D eigenvalue weighted by Crippen LogP contribution is -2.39. The molecule has 0 radical (unpaired) electrons. The van der Waals surface area contributed by atoms with Crippen molar-refractivity contribution in [3.05, 3.63) is 23.9 Å². The molecule has 0 bridgehead atoms. The van der Waals surface area contributed by atoms with E-state index in [0.717, 1.165) is 13.0 Å².